The van der Waals surface area contributed by atoms with Gasteiger partial charge < -0.3 is 29.0 Å². The molecule has 0 radical (unpaired) electrons. The van der Waals surface area contributed by atoms with Crippen molar-refractivity contribution in [3.05, 3.63) is 65.7 Å². The zero-order valence-electron chi connectivity index (χ0n) is 32.8. The van der Waals surface area contributed by atoms with Gasteiger partial charge in [0, 0.05) is 14.2 Å². The van der Waals surface area contributed by atoms with Crippen LogP contribution < -0.4 is 10.1 Å². The average Bonchev–Trinajstić information content (AvgIpc) is 3.63. The highest BCUT2D eigenvalue weighted by atomic mass is 32.2. The number of thioether (sulfide) groups is 1. The Hall–Kier alpha value is -3.15. The van der Waals surface area contributed by atoms with Crippen molar-refractivity contribution < 1.29 is 42.9 Å². The number of methoxy groups -OCH3 is 3. The molecule has 2 aromatic carbocycles. The van der Waals surface area contributed by atoms with Gasteiger partial charge in [-0.1, -0.05) is 89.4 Å². The fourth-order valence-electron chi connectivity index (χ4n) is 7.08. The number of hydrogen-bond donors (Lipinski definition) is 1. The maximum absolute atomic E-state index is 14.7. The number of β-lactam (4-membered cyclic amide) rings is 1. The molecule has 0 saturated carbocycles. The van der Waals surface area contributed by atoms with Crippen LogP contribution in [0.2, 0.25) is 0 Å². The molecule has 0 unspecified atom stereocenters. The van der Waals surface area contributed by atoms with Crippen LogP contribution in [0.25, 0.3) is 0 Å². The summed E-state index contributed by atoms with van der Waals surface area (Å²) in [4.78, 5) is 58.0. The largest absolute Gasteiger partial charge is 0.497 e. The van der Waals surface area contributed by atoms with Crippen LogP contribution in [0.1, 0.15) is 70.4 Å². The number of amides is 2. The lowest BCUT2D eigenvalue weighted by molar-refractivity contribution is -0.146. The van der Waals surface area contributed by atoms with E-state index in [4.69, 9.17) is 23.7 Å². The van der Waals surface area contributed by atoms with E-state index >= 15 is 0 Å². The van der Waals surface area contributed by atoms with Crippen molar-refractivity contribution in [2.45, 2.75) is 102 Å². The molecule has 2 aromatic rings. The highest BCUT2D eigenvalue weighted by Gasteiger charge is 2.54. The standard InChI is InChI=1S/C41H59N2O9PS/c1-7-10-22-53(23-11-8-2,24-12-9-3)39(41(47)52-26-30-18-20-31(48-4)21-19-30)43-38(46)35(42-34(45)25-29-16-14-13-15-17-29)40(43)54-28-32(44)36-37(50-6)33(49-5)27-51-36/h13-21,33,35-37,40H,7-12,22-28H2,1-6H3,(H,42,45)/t33-,35+,36+,37+,40+/m0/s1. The molecule has 0 bridgehead atoms. The van der Waals surface area contributed by atoms with Gasteiger partial charge in [0.2, 0.25) is 5.91 Å². The number of likely N-dealkylation sites (tertiary alicyclic amines) is 1. The van der Waals surface area contributed by atoms with Crippen LogP contribution in [0.4, 0.5) is 0 Å². The van der Waals surface area contributed by atoms with E-state index in [9.17, 15) is 19.2 Å². The summed E-state index contributed by atoms with van der Waals surface area (Å²) in [5.41, 5.74) is 2.04. The highest BCUT2D eigenvalue weighted by molar-refractivity contribution is 8.00. The van der Waals surface area contributed by atoms with Crippen LogP contribution in [0, 0.1) is 0 Å². The van der Waals surface area contributed by atoms with Gasteiger partial charge in [0.25, 0.3) is 5.91 Å². The minimum absolute atomic E-state index is 0.0231. The van der Waals surface area contributed by atoms with Crippen molar-refractivity contribution in [1.82, 2.24) is 10.2 Å². The molecule has 54 heavy (non-hydrogen) atoms. The molecule has 2 amide bonds. The van der Waals surface area contributed by atoms with Gasteiger partial charge in [0.05, 0.1) is 25.9 Å². The minimum Gasteiger partial charge on any atom is -0.497 e. The summed E-state index contributed by atoms with van der Waals surface area (Å²) >= 11 is 1.24. The maximum atomic E-state index is 14.7. The number of carbonyl (C=O) groups excluding carboxylic acids is 4. The number of benzene rings is 2. The molecule has 2 aliphatic heterocycles. The summed E-state index contributed by atoms with van der Waals surface area (Å²) in [6.45, 7) is 4.36. The van der Waals surface area contributed by atoms with Crippen LogP contribution in [0.5, 0.6) is 5.75 Å². The monoisotopic (exact) mass is 786 g/mol. The Bertz CT molecular complexity index is 1560. The first kappa shape index (κ1) is 43.6. The van der Waals surface area contributed by atoms with Crippen molar-refractivity contribution in [2.75, 3.05) is 52.2 Å². The third-order valence-corrected chi connectivity index (χ3v) is 16.3. The Kier molecular flexibility index (Phi) is 17.6. The molecule has 11 nitrogen and oxygen atoms in total. The van der Waals surface area contributed by atoms with Gasteiger partial charge in [0.15, 0.2) is 5.78 Å². The molecular weight excluding hydrogens is 727 g/mol. The van der Waals surface area contributed by atoms with Crippen LogP contribution in [0.15, 0.2) is 54.6 Å². The van der Waals surface area contributed by atoms with E-state index in [0.29, 0.717) is 11.2 Å². The van der Waals surface area contributed by atoms with Gasteiger partial charge in [-0.2, -0.15) is 0 Å². The van der Waals surface area contributed by atoms with Crippen molar-refractivity contribution in [2.24, 2.45) is 0 Å². The van der Waals surface area contributed by atoms with Crippen LogP contribution in [-0.4, -0.2) is 116 Å². The number of hydrogen-bond acceptors (Lipinski definition) is 10. The Balaban J connectivity index is 1.76. The number of esters is 1. The van der Waals surface area contributed by atoms with E-state index in [0.717, 1.165) is 68.1 Å². The number of Topliss-reactive ketones (excluding diaryl/α,β-unsaturated/α-hetero) is 1. The van der Waals surface area contributed by atoms with Crippen molar-refractivity contribution in [3.63, 3.8) is 0 Å². The van der Waals surface area contributed by atoms with Crippen molar-refractivity contribution in [1.29, 1.82) is 0 Å². The molecule has 4 rings (SSSR count). The molecular formula is C41H59N2O9PS. The molecule has 1 N–H and O–H groups in total. The lowest BCUT2D eigenvalue weighted by Crippen LogP contribution is -2.72. The lowest BCUT2D eigenvalue weighted by atomic mass is 10.1. The SMILES string of the molecule is CCCCP(CCCC)(CCCC)=C(C(=O)OCc1ccc(OC)cc1)N1C(=O)[C@@H](NC(=O)Cc2ccccc2)[C@H]1SCC(=O)[C@H]1OC[C@H](OC)[C@H]1OC. The molecule has 0 aromatic heterocycles. The van der Waals surface area contributed by atoms with E-state index < -0.39 is 36.5 Å². The Morgan fingerprint density at radius 1 is 0.870 bits per heavy atom. The summed E-state index contributed by atoms with van der Waals surface area (Å²) in [7, 11) is 4.67. The van der Waals surface area contributed by atoms with E-state index in [1.54, 1.807) is 19.1 Å². The van der Waals surface area contributed by atoms with Gasteiger partial charge in [-0.25, -0.2) is 4.79 Å². The molecule has 2 heterocycles. The molecule has 13 heteroatoms. The summed E-state index contributed by atoms with van der Waals surface area (Å²) in [6.07, 6.45) is 6.27. The normalized spacial score (nSPS) is 21.0. The highest BCUT2D eigenvalue weighted by Crippen LogP contribution is 2.54. The van der Waals surface area contributed by atoms with Gasteiger partial charge in [-0.3, -0.25) is 19.3 Å². The third-order valence-electron chi connectivity index (χ3n) is 10.2. The number of ketones is 1. The topological polar surface area (TPSA) is 130 Å². The zero-order chi connectivity index (χ0) is 39.1. The minimum atomic E-state index is -2.30. The number of rotatable bonds is 23. The second kappa shape index (κ2) is 21.8. The first-order valence-corrected chi connectivity index (χ1v) is 22.6. The smallest absolute Gasteiger partial charge is 0.355 e. The van der Waals surface area contributed by atoms with Crippen LogP contribution in [-0.2, 0) is 51.2 Å². The molecule has 5 atom stereocenters. The molecule has 2 aliphatic rings. The Morgan fingerprint density at radius 3 is 2.06 bits per heavy atom. The van der Waals surface area contributed by atoms with Gasteiger partial charge in [-0.05, 0) is 61.0 Å². The predicted octanol–water partition coefficient (Wildman–Crippen LogP) is 5.91. The maximum Gasteiger partial charge on any atom is 0.355 e. The van der Waals surface area contributed by atoms with E-state index in [1.165, 1.54) is 18.9 Å². The average molecular weight is 787 g/mol. The summed E-state index contributed by atoms with van der Waals surface area (Å²) < 4.78 is 28.3. The summed E-state index contributed by atoms with van der Waals surface area (Å²) in [6, 6.07) is 15.7. The van der Waals surface area contributed by atoms with E-state index in [2.05, 4.69) is 26.1 Å². The fourth-order valence-corrected chi connectivity index (χ4v) is 13.6. The Morgan fingerprint density at radius 2 is 1.50 bits per heavy atom. The van der Waals surface area contributed by atoms with E-state index in [1.807, 2.05) is 54.6 Å². The summed E-state index contributed by atoms with van der Waals surface area (Å²) in [5, 5.41) is 2.25. The number of unbranched alkanes of at least 4 members (excludes halogenated alkanes) is 3. The van der Waals surface area contributed by atoms with Crippen molar-refractivity contribution in [3.8, 4) is 5.75 Å². The molecule has 0 spiro atoms. The zero-order valence-corrected chi connectivity index (χ0v) is 34.5. The third kappa shape index (κ3) is 11.0. The number of ether oxygens (including phenoxy) is 5. The molecule has 298 valence electrons. The van der Waals surface area contributed by atoms with Gasteiger partial charge in [0.1, 0.15) is 47.5 Å². The first-order chi connectivity index (χ1) is 26.2. The van der Waals surface area contributed by atoms with Crippen molar-refractivity contribution >= 4 is 47.6 Å². The second-order valence-corrected chi connectivity index (χ2v) is 19.1. The number of nitrogens with one attached hydrogen (secondary N) is 1. The van der Waals surface area contributed by atoms with Crippen LogP contribution >= 0.6 is 18.6 Å². The Labute approximate surface area is 325 Å². The molecule has 2 fully saturated rings. The quantitative estimate of drug-likeness (QED) is 0.0825. The number of nitrogens with zero attached hydrogens (tertiary/aromatic N) is 1. The molecule has 0 aliphatic carbocycles. The molecule has 2 saturated heterocycles. The summed E-state index contributed by atoms with van der Waals surface area (Å²) in [5.74, 6) is -0.738. The van der Waals surface area contributed by atoms with Gasteiger partial charge in [-0.15, -0.1) is 11.8 Å². The second-order valence-electron chi connectivity index (χ2n) is 13.9. The predicted molar refractivity (Wildman–Crippen MR) is 216 cm³/mol. The first-order valence-electron chi connectivity index (χ1n) is 19.2. The van der Waals surface area contributed by atoms with Gasteiger partial charge >= 0.3 is 5.97 Å². The van der Waals surface area contributed by atoms with E-state index in [-0.39, 0.29) is 49.1 Å². The van der Waals surface area contributed by atoms with Crippen LogP contribution in [0.3, 0.4) is 0 Å². The number of carbonyl (C=O) groups is 4. The fraction of sp³-hybridized carbons (Fsp3) is 0.585. The lowest BCUT2D eigenvalue weighted by Gasteiger charge is -2.49.